The summed E-state index contributed by atoms with van der Waals surface area (Å²) in [6, 6.07) is 3.84. The van der Waals surface area contributed by atoms with Crippen molar-refractivity contribution < 1.29 is 19.8 Å². The van der Waals surface area contributed by atoms with Gasteiger partial charge in [-0.15, -0.1) is 0 Å². The Kier molecular flexibility index (Phi) is 3.66. The molecule has 1 rings (SSSR count). The summed E-state index contributed by atoms with van der Waals surface area (Å²) in [5, 5.41) is 20.4. The Balaban J connectivity index is 3.10. The minimum Gasteiger partial charge on any atom is -0.508 e. The van der Waals surface area contributed by atoms with Crippen molar-refractivity contribution in [1.82, 2.24) is 5.32 Å². The number of likely N-dealkylation sites (N-methyl/N-ethyl adjacent to an activating group) is 1. The van der Waals surface area contributed by atoms with Crippen LogP contribution in [-0.2, 0) is 4.79 Å². The number of hydrogen-bond donors (Lipinski definition) is 3. The maximum Gasteiger partial charge on any atom is 0.336 e. The van der Waals surface area contributed by atoms with Gasteiger partial charge in [-0.1, -0.05) is 0 Å². The van der Waals surface area contributed by atoms with Crippen LogP contribution >= 0.6 is 0 Å². The third-order valence-corrected chi connectivity index (χ3v) is 1.93. The van der Waals surface area contributed by atoms with Crippen LogP contribution < -0.4 is 5.32 Å². The Morgan fingerprint density at radius 2 is 2.06 bits per heavy atom. The van der Waals surface area contributed by atoms with E-state index in [1.807, 2.05) is 0 Å². The van der Waals surface area contributed by atoms with Crippen molar-refractivity contribution in [3.05, 3.63) is 35.4 Å². The zero-order valence-electron chi connectivity index (χ0n) is 8.60. The fourth-order valence-corrected chi connectivity index (χ4v) is 1.13. The van der Waals surface area contributed by atoms with Crippen LogP contribution in [0.3, 0.4) is 0 Å². The van der Waals surface area contributed by atoms with Gasteiger partial charge in [-0.2, -0.15) is 0 Å². The highest BCUT2D eigenvalue weighted by Crippen LogP contribution is 2.18. The number of hydrogen-bond acceptors (Lipinski definition) is 3. The third kappa shape index (κ3) is 2.84. The minimum absolute atomic E-state index is 0.0259. The van der Waals surface area contributed by atoms with Gasteiger partial charge in [0.05, 0.1) is 5.56 Å². The van der Waals surface area contributed by atoms with Crippen LogP contribution in [0.25, 0.3) is 6.08 Å². The van der Waals surface area contributed by atoms with E-state index in [0.29, 0.717) is 0 Å². The normalized spacial score (nSPS) is 10.3. The molecule has 1 amide bonds. The summed E-state index contributed by atoms with van der Waals surface area (Å²) in [6.07, 6.45) is 2.53. The Morgan fingerprint density at radius 3 is 2.62 bits per heavy atom. The van der Waals surface area contributed by atoms with Gasteiger partial charge in [-0.05, 0) is 29.8 Å². The van der Waals surface area contributed by atoms with Crippen LogP contribution in [-0.4, -0.2) is 29.1 Å². The maximum absolute atomic E-state index is 10.9. The lowest BCUT2D eigenvalue weighted by Gasteiger charge is -2.01. The largest absolute Gasteiger partial charge is 0.508 e. The number of carboxylic acids is 1. The van der Waals surface area contributed by atoms with E-state index in [2.05, 4.69) is 5.32 Å². The smallest absolute Gasteiger partial charge is 0.336 e. The second-order valence-electron chi connectivity index (χ2n) is 3.02. The summed E-state index contributed by atoms with van der Waals surface area (Å²) < 4.78 is 0. The molecule has 0 aliphatic rings. The van der Waals surface area contributed by atoms with Crippen LogP contribution in [0.4, 0.5) is 0 Å². The summed E-state index contributed by atoms with van der Waals surface area (Å²) >= 11 is 0. The molecular formula is C11H11NO4. The van der Waals surface area contributed by atoms with Crippen LogP contribution in [0.1, 0.15) is 15.9 Å². The predicted octanol–water partition coefficient (Wildman–Crippen LogP) is 0.850. The molecule has 0 heterocycles. The van der Waals surface area contributed by atoms with E-state index in [9.17, 15) is 14.7 Å². The molecule has 0 spiro atoms. The van der Waals surface area contributed by atoms with Crippen molar-refractivity contribution in [2.75, 3.05) is 7.05 Å². The molecule has 0 aromatic heterocycles. The quantitative estimate of drug-likeness (QED) is 0.660. The van der Waals surface area contributed by atoms with Gasteiger partial charge in [0.25, 0.3) is 0 Å². The van der Waals surface area contributed by atoms with Gasteiger partial charge in [0.2, 0.25) is 5.91 Å². The number of rotatable bonds is 3. The highest BCUT2D eigenvalue weighted by Gasteiger charge is 2.08. The first-order valence-electron chi connectivity index (χ1n) is 4.50. The Bertz CT molecular complexity index is 451. The zero-order chi connectivity index (χ0) is 12.1. The Hall–Kier alpha value is -2.30. The topological polar surface area (TPSA) is 86.6 Å². The molecule has 0 saturated carbocycles. The SMILES string of the molecule is CNC(=O)/C=C/c1cc(O)ccc1C(=O)O. The van der Waals surface area contributed by atoms with Crippen molar-refractivity contribution in [3.63, 3.8) is 0 Å². The van der Waals surface area contributed by atoms with E-state index < -0.39 is 5.97 Å². The molecule has 0 aliphatic carbocycles. The van der Waals surface area contributed by atoms with E-state index in [0.717, 1.165) is 0 Å². The molecule has 5 nitrogen and oxygen atoms in total. The van der Waals surface area contributed by atoms with Crippen LogP contribution in [0.15, 0.2) is 24.3 Å². The predicted molar refractivity (Wildman–Crippen MR) is 58.2 cm³/mol. The number of carbonyl (C=O) groups is 2. The first kappa shape index (κ1) is 11.8. The molecule has 0 aliphatic heterocycles. The summed E-state index contributed by atoms with van der Waals surface area (Å²) in [4.78, 5) is 21.8. The highest BCUT2D eigenvalue weighted by molar-refractivity contribution is 5.96. The van der Waals surface area contributed by atoms with Crippen molar-refractivity contribution in [2.45, 2.75) is 0 Å². The standard InChI is InChI=1S/C11H11NO4/c1-12-10(14)5-2-7-6-8(13)3-4-9(7)11(15)16/h2-6,13H,1H3,(H,12,14)(H,15,16)/b5-2+. The lowest BCUT2D eigenvalue weighted by molar-refractivity contribution is -0.115. The zero-order valence-corrected chi connectivity index (χ0v) is 8.60. The number of aromatic carboxylic acids is 1. The summed E-state index contributed by atoms with van der Waals surface area (Å²) in [6.45, 7) is 0. The summed E-state index contributed by atoms with van der Waals surface area (Å²) in [5.41, 5.74) is 0.300. The maximum atomic E-state index is 10.9. The number of nitrogens with one attached hydrogen (secondary N) is 1. The molecule has 0 bridgehead atoms. The van der Waals surface area contributed by atoms with Gasteiger partial charge < -0.3 is 15.5 Å². The van der Waals surface area contributed by atoms with E-state index >= 15 is 0 Å². The molecule has 5 heteroatoms. The van der Waals surface area contributed by atoms with Crippen molar-refractivity contribution >= 4 is 18.0 Å². The van der Waals surface area contributed by atoms with Gasteiger partial charge in [0, 0.05) is 13.1 Å². The number of phenolic OH excluding ortho intramolecular Hbond substituents is 1. The number of amides is 1. The van der Waals surface area contributed by atoms with Gasteiger partial charge in [0.1, 0.15) is 5.75 Å². The first-order valence-corrected chi connectivity index (χ1v) is 4.50. The number of carboxylic acid groups (broad SMARTS) is 1. The van der Waals surface area contributed by atoms with Crippen LogP contribution in [0, 0.1) is 0 Å². The van der Waals surface area contributed by atoms with E-state index in [1.165, 1.54) is 37.4 Å². The van der Waals surface area contributed by atoms with Gasteiger partial charge >= 0.3 is 5.97 Å². The average Bonchev–Trinajstić information content (AvgIpc) is 2.25. The molecule has 16 heavy (non-hydrogen) atoms. The monoisotopic (exact) mass is 221 g/mol. The number of aromatic hydroxyl groups is 1. The summed E-state index contributed by atoms with van der Waals surface area (Å²) in [7, 11) is 1.47. The molecule has 1 aromatic carbocycles. The molecule has 3 N–H and O–H groups in total. The number of benzene rings is 1. The first-order chi connectivity index (χ1) is 7.54. The van der Waals surface area contributed by atoms with Crippen molar-refractivity contribution in [2.24, 2.45) is 0 Å². The van der Waals surface area contributed by atoms with Crippen molar-refractivity contribution in [1.29, 1.82) is 0 Å². The minimum atomic E-state index is -1.11. The van der Waals surface area contributed by atoms with E-state index in [4.69, 9.17) is 5.11 Å². The second-order valence-corrected chi connectivity index (χ2v) is 3.02. The molecule has 0 saturated heterocycles. The Labute approximate surface area is 92.0 Å². The molecule has 84 valence electrons. The fraction of sp³-hybridized carbons (Fsp3) is 0.0909. The molecule has 0 fully saturated rings. The number of phenols is 1. The Morgan fingerprint density at radius 1 is 1.38 bits per heavy atom. The molecule has 0 radical (unpaired) electrons. The highest BCUT2D eigenvalue weighted by atomic mass is 16.4. The molecule has 0 unspecified atom stereocenters. The van der Waals surface area contributed by atoms with E-state index in [1.54, 1.807) is 0 Å². The van der Waals surface area contributed by atoms with Crippen molar-refractivity contribution in [3.8, 4) is 5.75 Å². The molecular weight excluding hydrogens is 210 g/mol. The fourth-order valence-electron chi connectivity index (χ4n) is 1.13. The molecule has 1 aromatic rings. The van der Waals surface area contributed by atoms with Gasteiger partial charge in [-0.3, -0.25) is 4.79 Å². The van der Waals surface area contributed by atoms with E-state index in [-0.39, 0.29) is 22.8 Å². The summed E-state index contributed by atoms with van der Waals surface area (Å²) in [5.74, 6) is -1.52. The number of carbonyl (C=O) groups excluding carboxylic acids is 1. The van der Waals surface area contributed by atoms with Gasteiger partial charge in [-0.25, -0.2) is 4.79 Å². The molecule has 0 atom stereocenters. The second kappa shape index (κ2) is 4.97. The van der Waals surface area contributed by atoms with Gasteiger partial charge in [0.15, 0.2) is 0 Å². The van der Waals surface area contributed by atoms with Crippen LogP contribution in [0.5, 0.6) is 5.75 Å². The lowest BCUT2D eigenvalue weighted by atomic mass is 10.1. The van der Waals surface area contributed by atoms with Crippen LogP contribution in [0.2, 0.25) is 0 Å². The average molecular weight is 221 g/mol. The third-order valence-electron chi connectivity index (χ3n) is 1.93. The lowest BCUT2D eigenvalue weighted by Crippen LogP contribution is -2.14.